The van der Waals surface area contributed by atoms with Crippen LogP contribution in [-0.2, 0) is 16.1 Å². The van der Waals surface area contributed by atoms with Crippen LogP contribution in [0, 0.1) is 5.92 Å². The molecule has 0 radical (unpaired) electrons. The van der Waals surface area contributed by atoms with Gasteiger partial charge in [-0.2, -0.15) is 0 Å². The Morgan fingerprint density at radius 1 is 1.32 bits per heavy atom. The van der Waals surface area contributed by atoms with Crippen molar-refractivity contribution in [3.8, 4) is 0 Å². The van der Waals surface area contributed by atoms with Crippen LogP contribution in [-0.4, -0.2) is 40.2 Å². The third-order valence-electron chi connectivity index (χ3n) is 3.61. The van der Waals surface area contributed by atoms with E-state index in [2.05, 4.69) is 34.7 Å². The largest absolute Gasteiger partial charge is 0.444 e. The van der Waals surface area contributed by atoms with Crippen LogP contribution < -0.4 is 0 Å². The van der Waals surface area contributed by atoms with Crippen molar-refractivity contribution in [1.82, 2.24) is 4.90 Å². The summed E-state index contributed by atoms with van der Waals surface area (Å²) in [6.45, 7) is 7.70. The number of hydrogen-bond acceptors (Lipinski definition) is 3. The first kappa shape index (κ1) is 17.5. The van der Waals surface area contributed by atoms with E-state index >= 15 is 0 Å². The van der Waals surface area contributed by atoms with Crippen molar-refractivity contribution in [3.05, 3.63) is 35.9 Å². The van der Waals surface area contributed by atoms with Gasteiger partial charge in [-0.3, -0.25) is 0 Å². The molecule has 1 aromatic carbocycles. The zero-order valence-electron chi connectivity index (χ0n) is 13.4. The summed E-state index contributed by atoms with van der Waals surface area (Å²) in [6.07, 6.45) is -0.214. The Hall–Kier alpha value is -0.820. The van der Waals surface area contributed by atoms with Crippen LogP contribution in [0.2, 0.25) is 0 Å². The first-order chi connectivity index (χ1) is 10.4. The number of ether oxygens (including phenoxy) is 2. The van der Waals surface area contributed by atoms with Crippen LogP contribution in [0.15, 0.2) is 30.3 Å². The molecule has 1 heterocycles. The minimum absolute atomic E-state index is 0.214. The quantitative estimate of drug-likeness (QED) is 0.540. The number of likely N-dealkylation sites (tertiary alicyclic amines) is 1. The molecule has 0 unspecified atom stereocenters. The average molecular weight is 417 g/mol. The summed E-state index contributed by atoms with van der Waals surface area (Å²) >= 11 is 2.32. The zero-order chi connectivity index (χ0) is 16.2. The lowest BCUT2D eigenvalue weighted by Crippen LogP contribution is -2.61. The predicted octanol–water partition coefficient (Wildman–Crippen LogP) is 3.87. The summed E-state index contributed by atoms with van der Waals surface area (Å²) in [5.41, 5.74) is 0.735. The van der Waals surface area contributed by atoms with Gasteiger partial charge in [0.05, 0.1) is 19.3 Å². The lowest BCUT2D eigenvalue weighted by molar-refractivity contribution is -0.0491. The molecule has 22 heavy (non-hydrogen) atoms. The second-order valence-electron chi connectivity index (χ2n) is 6.62. The normalized spacial score (nSPS) is 21.4. The maximum atomic E-state index is 12.1. The summed E-state index contributed by atoms with van der Waals surface area (Å²) in [5.74, 6) is 0.396. The van der Waals surface area contributed by atoms with Crippen LogP contribution in [0.25, 0.3) is 0 Å². The molecule has 4 nitrogen and oxygen atoms in total. The number of benzene rings is 1. The number of halogens is 1. The van der Waals surface area contributed by atoms with Gasteiger partial charge in [0, 0.05) is 16.9 Å². The maximum absolute atomic E-state index is 12.1. The SMILES string of the molecule is CC(C)(C)OC(=O)N1C[C@@H](COCc2ccccc2)[C@H]1CI. The Balaban J connectivity index is 1.76. The minimum Gasteiger partial charge on any atom is -0.444 e. The Bertz CT molecular complexity index is 486. The van der Waals surface area contributed by atoms with Crippen LogP contribution in [0.3, 0.4) is 0 Å². The number of nitrogens with zero attached hydrogens (tertiary/aromatic N) is 1. The van der Waals surface area contributed by atoms with E-state index in [1.807, 2.05) is 43.9 Å². The number of carbonyl (C=O) groups is 1. The Kier molecular flexibility index (Phi) is 6.09. The third-order valence-corrected chi connectivity index (χ3v) is 4.51. The van der Waals surface area contributed by atoms with Crippen molar-refractivity contribution >= 4 is 28.7 Å². The first-order valence-electron chi connectivity index (χ1n) is 7.58. The lowest BCUT2D eigenvalue weighted by Gasteiger charge is -2.47. The summed E-state index contributed by atoms with van der Waals surface area (Å²) in [7, 11) is 0. The van der Waals surface area contributed by atoms with E-state index in [1.54, 1.807) is 0 Å². The van der Waals surface area contributed by atoms with Crippen LogP contribution in [0.5, 0.6) is 0 Å². The maximum Gasteiger partial charge on any atom is 0.410 e. The smallest absolute Gasteiger partial charge is 0.410 e. The number of hydrogen-bond donors (Lipinski definition) is 0. The molecule has 1 fully saturated rings. The Morgan fingerprint density at radius 3 is 2.59 bits per heavy atom. The topological polar surface area (TPSA) is 38.8 Å². The summed E-state index contributed by atoms with van der Waals surface area (Å²) in [6, 6.07) is 10.4. The molecule has 0 spiro atoms. The molecule has 0 aromatic heterocycles. The van der Waals surface area contributed by atoms with E-state index in [1.165, 1.54) is 5.56 Å². The van der Waals surface area contributed by atoms with Gasteiger partial charge in [-0.15, -0.1) is 0 Å². The molecular formula is C17H24INO3. The van der Waals surface area contributed by atoms with Crippen LogP contribution in [0.4, 0.5) is 4.79 Å². The Labute approximate surface area is 146 Å². The van der Waals surface area contributed by atoms with E-state index in [0.29, 0.717) is 19.1 Å². The van der Waals surface area contributed by atoms with Crippen LogP contribution in [0.1, 0.15) is 26.3 Å². The molecule has 122 valence electrons. The summed E-state index contributed by atoms with van der Waals surface area (Å²) < 4.78 is 12.1. The highest BCUT2D eigenvalue weighted by molar-refractivity contribution is 14.1. The monoisotopic (exact) mass is 417 g/mol. The molecule has 0 bridgehead atoms. The summed E-state index contributed by atoms with van der Waals surface area (Å²) in [4.78, 5) is 13.9. The third kappa shape index (κ3) is 4.84. The fourth-order valence-corrected chi connectivity index (χ4v) is 3.63. The van der Waals surface area contributed by atoms with Crippen molar-refractivity contribution in [1.29, 1.82) is 0 Å². The van der Waals surface area contributed by atoms with Gasteiger partial charge in [-0.05, 0) is 26.3 Å². The molecule has 5 heteroatoms. The zero-order valence-corrected chi connectivity index (χ0v) is 15.6. The second kappa shape index (κ2) is 7.64. The molecular weight excluding hydrogens is 393 g/mol. The molecule has 0 N–H and O–H groups in total. The van der Waals surface area contributed by atoms with Gasteiger partial charge in [0.25, 0.3) is 0 Å². The highest BCUT2D eigenvalue weighted by Crippen LogP contribution is 2.29. The van der Waals surface area contributed by atoms with Gasteiger partial charge in [0.2, 0.25) is 0 Å². The fraction of sp³-hybridized carbons (Fsp3) is 0.588. The minimum atomic E-state index is -0.443. The Morgan fingerprint density at radius 2 is 2.00 bits per heavy atom. The van der Waals surface area contributed by atoms with Gasteiger partial charge in [-0.1, -0.05) is 52.9 Å². The van der Waals surface area contributed by atoms with Crippen LogP contribution >= 0.6 is 22.6 Å². The standard InChI is InChI=1S/C17H24INO3/c1-17(2,3)22-16(20)19-10-14(15(19)9-18)12-21-11-13-7-5-4-6-8-13/h4-8,14-15H,9-12H2,1-3H3/t14-,15+/m0/s1. The highest BCUT2D eigenvalue weighted by Gasteiger charge is 2.42. The van der Waals surface area contributed by atoms with Crippen molar-refractivity contribution in [3.63, 3.8) is 0 Å². The number of amides is 1. The molecule has 0 saturated carbocycles. The van der Waals surface area contributed by atoms with E-state index in [0.717, 1.165) is 11.0 Å². The molecule has 1 aliphatic heterocycles. The average Bonchev–Trinajstić information content (AvgIpc) is 2.41. The molecule has 2 atom stereocenters. The van der Waals surface area contributed by atoms with Crippen molar-refractivity contribution in [2.75, 3.05) is 17.6 Å². The summed E-state index contributed by atoms with van der Waals surface area (Å²) in [5, 5.41) is 0. The molecule has 1 amide bonds. The van der Waals surface area contributed by atoms with Gasteiger partial charge >= 0.3 is 6.09 Å². The molecule has 0 aliphatic carbocycles. The van der Waals surface area contributed by atoms with E-state index < -0.39 is 5.60 Å². The number of alkyl halides is 1. The van der Waals surface area contributed by atoms with Gasteiger partial charge in [0.15, 0.2) is 0 Å². The van der Waals surface area contributed by atoms with E-state index in [-0.39, 0.29) is 12.1 Å². The molecule has 1 aliphatic rings. The van der Waals surface area contributed by atoms with Gasteiger partial charge < -0.3 is 14.4 Å². The fourth-order valence-electron chi connectivity index (χ4n) is 2.43. The predicted molar refractivity (Wildman–Crippen MR) is 95.2 cm³/mol. The van der Waals surface area contributed by atoms with Gasteiger partial charge in [-0.25, -0.2) is 4.79 Å². The van der Waals surface area contributed by atoms with Crippen molar-refractivity contribution in [2.24, 2.45) is 5.92 Å². The van der Waals surface area contributed by atoms with E-state index in [4.69, 9.17) is 9.47 Å². The molecule has 2 rings (SSSR count). The highest BCUT2D eigenvalue weighted by atomic mass is 127. The molecule has 1 saturated heterocycles. The van der Waals surface area contributed by atoms with Crippen molar-refractivity contribution in [2.45, 2.75) is 39.0 Å². The van der Waals surface area contributed by atoms with Gasteiger partial charge in [0.1, 0.15) is 5.60 Å². The molecule has 1 aromatic rings. The first-order valence-corrected chi connectivity index (χ1v) is 9.10. The van der Waals surface area contributed by atoms with Crippen molar-refractivity contribution < 1.29 is 14.3 Å². The number of carbonyl (C=O) groups excluding carboxylic acids is 1. The second-order valence-corrected chi connectivity index (χ2v) is 7.50. The lowest BCUT2D eigenvalue weighted by atomic mass is 9.91. The van der Waals surface area contributed by atoms with E-state index in [9.17, 15) is 4.79 Å². The number of rotatable bonds is 5.